The molecule has 3 nitrogen and oxygen atoms in total. The highest BCUT2D eigenvalue weighted by Crippen LogP contribution is 2.29. The fourth-order valence-electron chi connectivity index (χ4n) is 2.88. The number of hydrogen-bond acceptors (Lipinski definition) is 3. The molecule has 0 aromatic heterocycles. The van der Waals surface area contributed by atoms with Gasteiger partial charge in [-0.25, -0.2) is 0 Å². The molecule has 0 aliphatic carbocycles. The number of benzene rings is 1. The first-order chi connectivity index (χ1) is 10.5. The standard InChI is InChI=1S/C19H28O3/c1-13-11-18(16(4)20)14(2)15(3)19(13)21-10-8-6-5-7-9-17-12-22-17/h11,17H,5-10,12H2,1-4H3. The van der Waals surface area contributed by atoms with Crippen molar-refractivity contribution in [3.05, 3.63) is 28.3 Å². The van der Waals surface area contributed by atoms with Gasteiger partial charge in [-0.1, -0.05) is 19.3 Å². The van der Waals surface area contributed by atoms with E-state index in [9.17, 15) is 4.79 Å². The summed E-state index contributed by atoms with van der Waals surface area (Å²) in [5, 5.41) is 0. The molecule has 1 saturated heterocycles. The first-order valence-electron chi connectivity index (χ1n) is 8.37. The highest BCUT2D eigenvalue weighted by molar-refractivity contribution is 5.96. The van der Waals surface area contributed by atoms with Crippen molar-refractivity contribution in [1.29, 1.82) is 0 Å². The second-order valence-electron chi connectivity index (χ2n) is 6.38. The Balaban J connectivity index is 1.79. The predicted octanol–water partition coefficient (Wildman–Crippen LogP) is 4.54. The van der Waals surface area contributed by atoms with E-state index in [0.29, 0.717) is 6.10 Å². The summed E-state index contributed by atoms with van der Waals surface area (Å²) in [6, 6.07) is 1.95. The lowest BCUT2D eigenvalue weighted by Crippen LogP contribution is -2.06. The molecule has 1 aliphatic heterocycles. The topological polar surface area (TPSA) is 38.8 Å². The molecule has 2 rings (SSSR count). The molecular formula is C19H28O3. The normalized spacial score (nSPS) is 16.6. The van der Waals surface area contributed by atoms with Crippen LogP contribution in [0.5, 0.6) is 5.75 Å². The third-order valence-electron chi connectivity index (χ3n) is 4.47. The van der Waals surface area contributed by atoms with E-state index < -0.39 is 0 Å². The number of epoxide rings is 1. The van der Waals surface area contributed by atoms with Crippen LogP contribution in [0.25, 0.3) is 0 Å². The number of hydrogen-bond donors (Lipinski definition) is 0. The van der Waals surface area contributed by atoms with Crippen molar-refractivity contribution in [1.82, 2.24) is 0 Å². The van der Waals surface area contributed by atoms with E-state index in [1.807, 2.05) is 26.8 Å². The second-order valence-corrected chi connectivity index (χ2v) is 6.38. The van der Waals surface area contributed by atoms with Crippen LogP contribution in [0.3, 0.4) is 0 Å². The summed E-state index contributed by atoms with van der Waals surface area (Å²) in [5.74, 6) is 1.07. The number of rotatable bonds is 9. The van der Waals surface area contributed by atoms with E-state index >= 15 is 0 Å². The maximum Gasteiger partial charge on any atom is 0.160 e. The fourth-order valence-corrected chi connectivity index (χ4v) is 2.88. The molecular weight excluding hydrogens is 276 g/mol. The van der Waals surface area contributed by atoms with Crippen LogP contribution in [-0.2, 0) is 4.74 Å². The van der Waals surface area contributed by atoms with Gasteiger partial charge in [-0.2, -0.15) is 0 Å². The van der Waals surface area contributed by atoms with Crippen molar-refractivity contribution >= 4 is 5.78 Å². The largest absolute Gasteiger partial charge is 0.493 e. The average molecular weight is 304 g/mol. The predicted molar refractivity (Wildman–Crippen MR) is 89.0 cm³/mol. The molecule has 1 aromatic carbocycles. The highest BCUT2D eigenvalue weighted by atomic mass is 16.6. The van der Waals surface area contributed by atoms with Crippen molar-refractivity contribution in [2.24, 2.45) is 0 Å². The van der Waals surface area contributed by atoms with Crippen molar-refractivity contribution < 1.29 is 14.3 Å². The van der Waals surface area contributed by atoms with Gasteiger partial charge in [-0.15, -0.1) is 0 Å². The molecule has 1 heterocycles. The first kappa shape index (κ1) is 17.0. The summed E-state index contributed by atoms with van der Waals surface area (Å²) >= 11 is 0. The van der Waals surface area contributed by atoms with E-state index in [-0.39, 0.29) is 5.78 Å². The van der Waals surface area contributed by atoms with Crippen LogP contribution >= 0.6 is 0 Å². The smallest absolute Gasteiger partial charge is 0.160 e. The van der Waals surface area contributed by atoms with Crippen LogP contribution in [0, 0.1) is 20.8 Å². The zero-order valence-corrected chi connectivity index (χ0v) is 14.3. The monoisotopic (exact) mass is 304 g/mol. The summed E-state index contributed by atoms with van der Waals surface area (Å²) in [6.45, 7) is 9.40. The number of Topliss-reactive ketones (excluding diaryl/α,β-unsaturated/α-hetero) is 1. The lowest BCUT2D eigenvalue weighted by molar-refractivity contribution is 0.101. The Kier molecular flexibility index (Phi) is 6.01. The molecule has 0 bridgehead atoms. The minimum absolute atomic E-state index is 0.120. The molecule has 1 atom stereocenters. The van der Waals surface area contributed by atoms with Crippen LogP contribution in [0.15, 0.2) is 6.07 Å². The maximum absolute atomic E-state index is 11.6. The van der Waals surface area contributed by atoms with Gasteiger partial charge in [-0.3, -0.25) is 4.79 Å². The van der Waals surface area contributed by atoms with Crippen molar-refractivity contribution in [3.8, 4) is 5.75 Å². The third kappa shape index (κ3) is 4.57. The number of carbonyl (C=O) groups excluding carboxylic acids is 1. The Labute approximate surface area is 134 Å². The minimum Gasteiger partial charge on any atom is -0.493 e. The maximum atomic E-state index is 11.6. The number of ether oxygens (including phenoxy) is 2. The Morgan fingerprint density at radius 3 is 2.50 bits per heavy atom. The van der Waals surface area contributed by atoms with E-state index in [1.165, 1.54) is 25.7 Å². The second kappa shape index (κ2) is 7.77. The Morgan fingerprint density at radius 1 is 1.18 bits per heavy atom. The van der Waals surface area contributed by atoms with Gasteiger partial charge in [0, 0.05) is 5.56 Å². The van der Waals surface area contributed by atoms with E-state index in [0.717, 1.165) is 47.6 Å². The summed E-state index contributed by atoms with van der Waals surface area (Å²) in [6.07, 6.45) is 6.57. The number of ketones is 1. The SMILES string of the molecule is CC(=O)c1cc(C)c(OCCCCCCC2CO2)c(C)c1C. The van der Waals surface area contributed by atoms with E-state index in [4.69, 9.17) is 9.47 Å². The Hall–Kier alpha value is -1.35. The molecule has 0 N–H and O–H groups in total. The molecule has 0 amide bonds. The summed E-state index contributed by atoms with van der Waals surface area (Å²) in [5.41, 5.74) is 4.00. The zero-order chi connectivity index (χ0) is 16.1. The number of carbonyl (C=O) groups is 1. The van der Waals surface area contributed by atoms with Crippen LogP contribution in [0.1, 0.15) is 66.1 Å². The molecule has 1 unspecified atom stereocenters. The van der Waals surface area contributed by atoms with Gasteiger partial charge in [0.15, 0.2) is 5.78 Å². The van der Waals surface area contributed by atoms with E-state index in [2.05, 4.69) is 0 Å². The van der Waals surface area contributed by atoms with Crippen molar-refractivity contribution in [2.75, 3.05) is 13.2 Å². The fraction of sp³-hybridized carbons (Fsp3) is 0.632. The van der Waals surface area contributed by atoms with Gasteiger partial charge in [0.05, 0.1) is 19.3 Å². The quantitative estimate of drug-likeness (QED) is 0.382. The van der Waals surface area contributed by atoms with Crippen molar-refractivity contribution in [3.63, 3.8) is 0 Å². The van der Waals surface area contributed by atoms with Crippen LogP contribution in [0.2, 0.25) is 0 Å². The number of aryl methyl sites for hydroxylation is 1. The molecule has 1 aliphatic rings. The molecule has 1 fully saturated rings. The lowest BCUT2D eigenvalue weighted by Gasteiger charge is -2.16. The average Bonchev–Trinajstić information content (AvgIpc) is 3.28. The van der Waals surface area contributed by atoms with Gasteiger partial charge in [-0.05, 0) is 63.3 Å². The van der Waals surface area contributed by atoms with Gasteiger partial charge in [0.1, 0.15) is 5.75 Å². The first-order valence-corrected chi connectivity index (χ1v) is 8.37. The minimum atomic E-state index is 0.120. The highest BCUT2D eigenvalue weighted by Gasteiger charge is 2.20. The molecule has 3 heteroatoms. The van der Waals surface area contributed by atoms with Gasteiger partial charge < -0.3 is 9.47 Å². The molecule has 0 saturated carbocycles. The van der Waals surface area contributed by atoms with Crippen LogP contribution in [0.4, 0.5) is 0 Å². The summed E-state index contributed by atoms with van der Waals surface area (Å²) < 4.78 is 11.2. The molecule has 122 valence electrons. The third-order valence-corrected chi connectivity index (χ3v) is 4.47. The lowest BCUT2D eigenvalue weighted by atomic mass is 9.96. The van der Waals surface area contributed by atoms with Gasteiger partial charge in [0.2, 0.25) is 0 Å². The van der Waals surface area contributed by atoms with Crippen LogP contribution < -0.4 is 4.74 Å². The summed E-state index contributed by atoms with van der Waals surface area (Å²) in [4.78, 5) is 11.6. The van der Waals surface area contributed by atoms with Gasteiger partial charge >= 0.3 is 0 Å². The number of unbranched alkanes of at least 4 members (excludes halogenated alkanes) is 3. The molecule has 0 radical (unpaired) electrons. The molecule has 0 spiro atoms. The van der Waals surface area contributed by atoms with Crippen molar-refractivity contribution in [2.45, 2.75) is 65.9 Å². The van der Waals surface area contributed by atoms with Gasteiger partial charge in [0.25, 0.3) is 0 Å². The molecule has 1 aromatic rings. The molecule has 22 heavy (non-hydrogen) atoms. The Bertz CT molecular complexity index is 530. The Morgan fingerprint density at radius 2 is 1.86 bits per heavy atom. The zero-order valence-electron chi connectivity index (χ0n) is 14.3. The summed E-state index contributed by atoms with van der Waals surface area (Å²) in [7, 11) is 0. The van der Waals surface area contributed by atoms with Crippen LogP contribution in [-0.4, -0.2) is 25.1 Å². The van der Waals surface area contributed by atoms with E-state index in [1.54, 1.807) is 6.92 Å².